The number of hydrogen-bond acceptors (Lipinski definition) is 3. The van der Waals surface area contributed by atoms with Crippen molar-refractivity contribution in [1.29, 1.82) is 0 Å². The molecule has 3 N–H and O–H groups in total. The molecule has 0 atom stereocenters. The highest BCUT2D eigenvalue weighted by Crippen LogP contribution is 2.23. The van der Waals surface area contributed by atoms with Gasteiger partial charge in [-0.15, -0.1) is 0 Å². The number of alkyl carbamates (subject to hydrolysis) is 1. The maximum Gasteiger partial charge on any atom is 0.408 e. The number of hydrogen-bond donors (Lipinski definition) is 2. The normalized spacial score (nSPS) is 9.65. The van der Waals surface area contributed by atoms with Crippen LogP contribution in [0.2, 0.25) is 5.02 Å². The van der Waals surface area contributed by atoms with Gasteiger partial charge in [0.1, 0.15) is 12.4 Å². The Morgan fingerprint density at radius 2 is 2.04 bits per heavy atom. The number of carbonyl (C=O) groups is 1. The Morgan fingerprint density at radius 1 is 1.30 bits per heavy atom. The van der Waals surface area contributed by atoms with Crippen LogP contribution in [-0.4, -0.2) is 12.6 Å². The van der Waals surface area contributed by atoms with Crippen LogP contribution in [-0.2, 0) is 11.3 Å². The predicted molar refractivity (Wildman–Crippen MR) is 87.3 cm³/mol. The molecule has 0 heterocycles. The Bertz CT molecular complexity index is 754. The Hall–Kier alpha value is -2.71. The molecule has 118 valence electrons. The van der Waals surface area contributed by atoms with E-state index in [1.165, 1.54) is 6.07 Å². The summed E-state index contributed by atoms with van der Waals surface area (Å²) in [6.07, 6.45) is -0.589. The molecular formula is C17H14ClFN2O2. The number of rotatable bonds is 3. The van der Waals surface area contributed by atoms with E-state index >= 15 is 0 Å². The summed E-state index contributed by atoms with van der Waals surface area (Å²) in [5.41, 5.74) is 7.05. The first kappa shape index (κ1) is 16.7. The van der Waals surface area contributed by atoms with Crippen LogP contribution in [0.4, 0.5) is 14.9 Å². The molecule has 2 aromatic rings. The highest BCUT2D eigenvalue weighted by Gasteiger charge is 2.04. The van der Waals surface area contributed by atoms with Crippen molar-refractivity contribution in [2.45, 2.75) is 6.61 Å². The van der Waals surface area contributed by atoms with Crippen molar-refractivity contribution < 1.29 is 13.9 Å². The topological polar surface area (TPSA) is 64.3 Å². The van der Waals surface area contributed by atoms with Crippen molar-refractivity contribution in [3.8, 4) is 11.8 Å². The lowest BCUT2D eigenvalue weighted by Gasteiger charge is -2.04. The second kappa shape index (κ2) is 8.06. The van der Waals surface area contributed by atoms with Crippen molar-refractivity contribution in [2.24, 2.45) is 0 Å². The Morgan fingerprint density at radius 3 is 2.78 bits per heavy atom. The summed E-state index contributed by atoms with van der Waals surface area (Å²) in [7, 11) is 0. The minimum Gasteiger partial charge on any atom is -0.445 e. The smallest absolute Gasteiger partial charge is 0.408 e. The fraction of sp³-hybridized carbons (Fsp3) is 0.118. The summed E-state index contributed by atoms with van der Waals surface area (Å²) in [5, 5.41) is 2.57. The molecular weight excluding hydrogens is 319 g/mol. The average Bonchev–Trinajstić information content (AvgIpc) is 2.54. The van der Waals surface area contributed by atoms with E-state index in [4.69, 9.17) is 22.1 Å². The summed E-state index contributed by atoms with van der Waals surface area (Å²) < 4.78 is 18.2. The first-order chi connectivity index (χ1) is 11.1. The summed E-state index contributed by atoms with van der Waals surface area (Å²) in [4.78, 5) is 11.5. The van der Waals surface area contributed by atoms with Crippen LogP contribution in [0.25, 0.3) is 0 Å². The minimum atomic E-state index is -0.589. The number of anilines is 1. The van der Waals surface area contributed by atoms with Gasteiger partial charge >= 0.3 is 6.09 Å². The number of nitrogens with one attached hydrogen (secondary N) is 1. The average molecular weight is 333 g/mol. The molecule has 0 spiro atoms. The van der Waals surface area contributed by atoms with Crippen LogP contribution < -0.4 is 11.1 Å². The van der Waals surface area contributed by atoms with Crippen LogP contribution in [0.15, 0.2) is 42.5 Å². The molecule has 0 aliphatic heterocycles. The lowest BCUT2D eigenvalue weighted by Crippen LogP contribution is -2.24. The van der Waals surface area contributed by atoms with Gasteiger partial charge in [0.15, 0.2) is 0 Å². The fourth-order valence-corrected chi connectivity index (χ4v) is 1.92. The van der Waals surface area contributed by atoms with Crippen molar-refractivity contribution in [3.63, 3.8) is 0 Å². The third kappa shape index (κ3) is 5.20. The van der Waals surface area contributed by atoms with E-state index in [1.54, 1.807) is 0 Å². The molecule has 2 rings (SSSR count). The van der Waals surface area contributed by atoms with Crippen molar-refractivity contribution in [3.05, 3.63) is 64.4 Å². The van der Waals surface area contributed by atoms with Gasteiger partial charge in [-0.3, -0.25) is 0 Å². The second-order valence-corrected chi connectivity index (χ2v) is 4.97. The molecule has 0 unspecified atom stereocenters. The zero-order valence-electron chi connectivity index (χ0n) is 12.1. The Labute approximate surface area is 138 Å². The van der Waals surface area contributed by atoms with Crippen LogP contribution in [0, 0.1) is 17.7 Å². The molecule has 0 bridgehead atoms. The first-order valence-electron chi connectivity index (χ1n) is 6.74. The zero-order chi connectivity index (χ0) is 16.7. The van der Waals surface area contributed by atoms with Gasteiger partial charge in [0, 0.05) is 0 Å². The van der Waals surface area contributed by atoms with E-state index in [0.717, 1.165) is 11.6 Å². The first-order valence-corrected chi connectivity index (χ1v) is 7.12. The van der Waals surface area contributed by atoms with E-state index < -0.39 is 11.9 Å². The number of amides is 1. The fourth-order valence-electron chi connectivity index (χ4n) is 1.72. The van der Waals surface area contributed by atoms with Crippen LogP contribution in [0.1, 0.15) is 11.1 Å². The molecule has 6 heteroatoms. The lowest BCUT2D eigenvalue weighted by atomic mass is 10.2. The number of halogens is 2. The Balaban J connectivity index is 1.82. The lowest BCUT2D eigenvalue weighted by molar-refractivity contribution is 0.141. The molecule has 0 saturated heterocycles. The van der Waals surface area contributed by atoms with Gasteiger partial charge in [-0.2, -0.15) is 0 Å². The molecule has 0 saturated carbocycles. The standard InChI is InChI=1S/C17H14ClFN2O2/c18-15-10-14(19)9-13(16(15)20)7-4-8-21-17(22)23-11-12-5-2-1-3-6-12/h1-3,5-6,9-10H,8,11,20H2,(H,21,22). The van der Waals surface area contributed by atoms with Crippen LogP contribution in [0.3, 0.4) is 0 Å². The van der Waals surface area contributed by atoms with Gasteiger partial charge in [-0.1, -0.05) is 53.8 Å². The predicted octanol–water partition coefficient (Wildman–Crippen LogP) is 3.34. The summed E-state index contributed by atoms with van der Waals surface area (Å²) in [6, 6.07) is 11.6. The summed E-state index contributed by atoms with van der Waals surface area (Å²) in [6.45, 7) is 0.216. The van der Waals surface area contributed by atoms with Crippen molar-refractivity contribution in [1.82, 2.24) is 5.32 Å². The molecule has 0 aliphatic rings. The highest BCUT2D eigenvalue weighted by atomic mass is 35.5. The zero-order valence-corrected chi connectivity index (χ0v) is 12.9. The van der Waals surface area contributed by atoms with Gasteiger partial charge in [-0.05, 0) is 17.7 Å². The van der Waals surface area contributed by atoms with Gasteiger partial charge in [0.05, 0.1) is 22.8 Å². The second-order valence-electron chi connectivity index (χ2n) is 4.57. The van der Waals surface area contributed by atoms with Gasteiger partial charge in [0.25, 0.3) is 0 Å². The molecule has 0 fully saturated rings. The number of nitrogen functional groups attached to an aromatic ring is 1. The van der Waals surface area contributed by atoms with Crippen molar-refractivity contribution in [2.75, 3.05) is 12.3 Å². The third-order valence-electron chi connectivity index (χ3n) is 2.85. The van der Waals surface area contributed by atoms with Crippen LogP contribution >= 0.6 is 11.6 Å². The van der Waals surface area contributed by atoms with Crippen molar-refractivity contribution >= 4 is 23.4 Å². The molecule has 4 nitrogen and oxygen atoms in total. The van der Waals surface area contributed by atoms with Gasteiger partial charge in [-0.25, -0.2) is 9.18 Å². The number of nitrogens with two attached hydrogens (primary N) is 1. The van der Waals surface area contributed by atoms with Crippen LogP contribution in [0.5, 0.6) is 0 Å². The highest BCUT2D eigenvalue weighted by molar-refractivity contribution is 6.33. The van der Waals surface area contributed by atoms with E-state index in [-0.39, 0.29) is 29.4 Å². The maximum absolute atomic E-state index is 13.2. The largest absolute Gasteiger partial charge is 0.445 e. The SMILES string of the molecule is Nc1c(Cl)cc(F)cc1C#CCNC(=O)OCc1ccccc1. The summed E-state index contributed by atoms with van der Waals surface area (Å²) in [5.74, 6) is 4.79. The van der Waals surface area contributed by atoms with E-state index in [9.17, 15) is 9.18 Å². The number of carbonyl (C=O) groups excluding carboxylic acids is 1. The summed E-state index contributed by atoms with van der Waals surface area (Å²) >= 11 is 5.76. The third-order valence-corrected chi connectivity index (χ3v) is 3.16. The quantitative estimate of drug-likeness (QED) is 0.669. The van der Waals surface area contributed by atoms with E-state index in [2.05, 4.69) is 17.2 Å². The molecule has 0 aliphatic carbocycles. The van der Waals surface area contributed by atoms with E-state index in [1.807, 2.05) is 30.3 Å². The molecule has 2 aromatic carbocycles. The Kier molecular flexibility index (Phi) is 5.84. The number of ether oxygens (including phenoxy) is 1. The van der Waals surface area contributed by atoms with Gasteiger partial charge in [0.2, 0.25) is 0 Å². The molecule has 0 aromatic heterocycles. The van der Waals surface area contributed by atoms with Gasteiger partial charge < -0.3 is 15.8 Å². The number of benzene rings is 2. The minimum absolute atomic E-state index is 0.0429. The molecule has 0 radical (unpaired) electrons. The molecule has 1 amide bonds. The monoisotopic (exact) mass is 332 g/mol. The maximum atomic E-state index is 13.2. The molecule has 23 heavy (non-hydrogen) atoms. The van der Waals surface area contributed by atoms with E-state index in [0.29, 0.717) is 0 Å².